The minimum absolute atomic E-state index is 0.164. The molecule has 1 nitrogen and oxygen atoms in total. The van der Waals surface area contributed by atoms with E-state index in [-0.39, 0.29) is 17.6 Å². The largest absolute Gasteiger partial charge is 0.294 e. The molecule has 1 fully saturated rings. The van der Waals surface area contributed by atoms with Gasteiger partial charge in [0.2, 0.25) is 0 Å². The fourth-order valence-electron chi connectivity index (χ4n) is 1.85. The molecule has 80 valence electrons. The van der Waals surface area contributed by atoms with E-state index >= 15 is 0 Å². The van der Waals surface area contributed by atoms with E-state index in [9.17, 15) is 4.79 Å². The molecule has 2 unspecified atom stereocenters. The number of carbonyl (C=O) groups excluding carboxylic acids is 1. The molecule has 14 heavy (non-hydrogen) atoms. The molecular formula is C13H22O. The summed E-state index contributed by atoms with van der Waals surface area (Å²) in [7, 11) is 0. The Morgan fingerprint density at radius 1 is 1.21 bits per heavy atom. The smallest absolute Gasteiger partial charge is 0.161 e. The van der Waals surface area contributed by atoms with Gasteiger partial charge in [0.15, 0.2) is 5.78 Å². The van der Waals surface area contributed by atoms with Crippen molar-refractivity contribution in [1.82, 2.24) is 0 Å². The number of ketones is 1. The third kappa shape index (κ3) is 2.46. The van der Waals surface area contributed by atoms with Crippen LogP contribution >= 0.6 is 0 Å². The van der Waals surface area contributed by atoms with Gasteiger partial charge in [-0.25, -0.2) is 0 Å². The van der Waals surface area contributed by atoms with Gasteiger partial charge in [-0.3, -0.25) is 4.79 Å². The van der Waals surface area contributed by atoms with E-state index in [2.05, 4.69) is 20.4 Å². The van der Waals surface area contributed by atoms with Crippen LogP contribution < -0.4 is 0 Å². The van der Waals surface area contributed by atoms with Gasteiger partial charge in [-0.15, -0.1) is 0 Å². The van der Waals surface area contributed by atoms with Gasteiger partial charge in [-0.2, -0.15) is 0 Å². The van der Waals surface area contributed by atoms with E-state index in [0.29, 0.717) is 5.92 Å². The van der Waals surface area contributed by atoms with Crippen LogP contribution in [0.1, 0.15) is 40.5 Å². The summed E-state index contributed by atoms with van der Waals surface area (Å²) in [6, 6.07) is 0. The first kappa shape index (κ1) is 11.5. The van der Waals surface area contributed by atoms with Gasteiger partial charge in [-0.1, -0.05) is 34.3 Å². The zero-order valence-electron chi connectivity index (χ0n) is 9.84. The molecule has 1 saturated carbocycles. The van der Waals surface area contributed by atoms with Crippen molar-refractivity contribution in [3.05, 3.63) is 12.2 Å². The molecule has 1 rings (SSSR count). The fourth-order valence-corrected chi connectivity index (χ4v) is 1.85. The molecule has 0 N–H and O–H groups in total. The molecular weight excluding hydrogens is 172 g/mol. The molecule has 0 bridgehead atoms. The van der Waals surface area contributed by atoms with E-state index in [0.717, 1.165) is 11.5 Å². The summed E-state index contributed by atoms with van der Waals surface area (Å²) >= 11 is 0. The third-order valence-corrected chi connectivity index (χ3v) is 3.58. The number of hydrogen-bond donors (Lipinski definition) is 0. The van der Waals surface area contributed by atoms with Gasteiger partial charge in [-0.05, 0) is 36.2 Å². The zero-order valence-corrected chi connectivity index (χ0v) is 9.84. The lowest BCUT2D eigenvalue weighted by molar-refractivity contribution is -0.120. The van der Waals surface area contributed by atoms with Crippen molar-refractivity contribution < 1.29 is 4.79 Å². The Labute approximate surface area is 87.6 Å². The van der Waals surface area contributed by atoms with Crippen molar-refractivity contribution in [3.8, 4) is 0 Å². The maximum absolute atomic E-state index is 12.0. The van der Waals surface area contributed by atoms with Crippen molar-refractivity contribution in [1.29, 1.82) is 0 Å². The molecule has 1 aliphatic carbocycles. The van der Waals surface area contributed by atoms with E-state index in [4.69, 9.17) is 0 Å². The quantitative estimate of drug-likeness (QED) is 0.613. The van der Waals surface area contributed by atoms with E-state index in [1.165, 1.54) is 12.8 Å². The predicted octanol–water partition coefficient (Wildman–Crippen LogP) is 3.45. The maximum atomic E-state index is 12.0. The molecule has 0 aromatic heterocycles. The topological polar surface area (TPSA) is 17.1 Å². The molecule has 1 heteroatoms. The lowest BCUT2D eigenvalue weighted by Gasteiger charge is -2.20. The minimum Gasteiger partial charge on any atom is -0.294 e. The molecule has 2 atom stereocenters. The van der Waals surface area contributed by atoms with Crippen LogP contribution in [0.15, 0.2) is 12.2 Å². The van der Waals surface area contributed by atoms with E-state index in [1.54, 1.807) is 0 Å². The molecule has 0 radical (unpaired) electrons. The lowest BCUT2D eigenvalue weighted by atomic mass is 9.83. The van der Waals surface area contributed by atoms with Crippen LogP contribution in [0.5, 0.6) is 0 Å². The molecule has 1 aliphatic rings. The molecule has 0 aromatic rings. The summed E-state index contributed by atoms with van der Waals surface area (Å²) in [4.78, 5) is 12.0. The zero-order chi connectivity index (χ0) is 10.9. The van der Waals surface area contributed by atoms with Gasteiger partial charge in [0.25, 0.3) is 0 Å². The van der Waals surface area contributed by atoms with Gasteiger partial charge < -0.3 is 0 Å². The predicted molar refractivity (Wildman–Crippen MR) is 60.0 cm³/mol. The third-order valence-electron chi connectivity index (χ3n) is 3.58. The Hall–Kier alpha value is -0.590. The maximum Gasteiger partial charge on any atom is 0.161 e. The first-order chi connectivity index (χ1) is 6.45. The molecule has 0 aliphatic heterocycles. The fraction of sp³-hybridized carbons (Fsp3) is 0.769. The van der Waals surface area contributed by atoms with Crippen LogP contribution in [-0.2, 0) is 4.79 Å². The van der Waals surface area contributed by atoms with Crippen LogP contribution in [0, 0.1) is 23.7 Å². The van der Waals surface area contributed by atoms with Crippen LogP contribution in [0.2, 0.25) is 0 Å². The van der Waals surface area contributed by atoms with Crippen LogP contribution in [0.25, 0.3) is 0 Å². The normalized spacial score (nSPS) is 20.6. The molecule has 0 amide bonds. The van der Waals surface area contributed by atoms with Crippen molar-refractivity contribution in [3.63, 3.8) is 0 Å². The van der Waals surface area contributed by atoms with Gasteiger partial charge in [0.1, 0.15) is 0 Å². The number of rotatable bonds is 5. The first-order valence-electron chi connectivity index (χ1n) is 5.68. The van der Waals surface area contributed by atoms with Crippen molar-refractivity contribution in [2.24, 2.45) is 23.7 Å². The Bertz CT molecular complexity index is 236. The Morgan fingerprint density at radius 3 is 2.07 bits per heavy atom. The van der Waals surface area contributed by atoms with Gasteiger partial charge in [0, 0.05) is 5.92 Å². The van der Waals surface area contributed by atoms with Crippen LogP contribution in [0.3, 0.4) is 0 Å². The highest BCUT2D eigenvalue weighted by molar-refractivity contribution is 5.96. The number of allylic oxidation sites excluding steroid dienone is 1. The standard InChI is InChI=1S/C13H22O/c1-8(2)9(3)13(14)11(5)10(4)12-6-7-12/h8,10-12H,3,6-7H2,1-2,4-5H3. The number of Topliss-reactive ketones (excluding diaryl/α,β-unsaturated/α-hetero) is 1. The summed E-state index contributed by atoms with van der Waals surface area (Å²) < 4.78 is 0. The number of carbonyl (C=O) groups is 1. The molecule has 0 heterocycles. The average molecular weight is 194 g/mol. The van der Waals surface area contributed by atoms with Gasteiger partial charge in [0.05, 0.1) is 0 Å². The second-order valence-corrected chi connectivity index (χ2v) is 5.03. The molecule has 0 saturated heterocycles. The average Bonchev–Trinajstić information content (AvgIpc) is 2.96. The monoisotopic (exact) mass is 194 g/mol. The van der Waals surface area contributed by atoms with Gasteiger partial charge >= 0.3 is 0 Å². The van der Waals surface area contributed by atoms with E-state index in [1.807, 2.05) is 13.8 Å². The molecule has 0 aromatic carbocycles. The molecule has 0 spiro atoms. The van der Waals surface area contributed by atoms with Crippen molar-refractivity contribution >= 4 is 5.78 Å². The summed E-state index contributed by atoms with van der Waals surface area (Å²) in [5.74, 6) is 2.07. The summed E-state index contributed by atoms with van der Waals surface area (Å²) in [5, 5.41) is 0. The highest BCUT2D eigenvalue weighted by Crippen LogP contribution is 2.41. The van der Waals surface area contributed by atoms with Crippen LogP contribution in [-0.4, -0.2) is 5.78 Å². The minimum atomic E-state index is 0.164. The Balaban J connectivity index is 2.54. The SMILES string of the molecule is C=C(C(=O)C(C)C(C)C1CC1)C(C)C. The lowest BCUT2D eigenvalue weighted by Crippen LogP contribution is -2.23. The van der Waals surface area contributed by atoms with Crippen LogP contribution in [0.4, 0.5) is 0 Å². The van der Waals surface area contributed by atoms with Crippen molar-refractivity contribution in [2.45, 2.75) is 40.5 Å². The Kier molecular flexibility index (Phi) is 3.52. The number of hydrogen-bond acceptors (Lipinski definition) is 1. The Morgan fingerprint density at radius 2 is 1.71 bits per heavy atom. The summed E-state index contributed by atoms with van der Waals surface area (Å²) in [6.07, 6.45) is 2.62. The first-order valence-corrected chi connectivity index (χ1v) is 5.68. The van der Waals surface area contributed by atoms with E-state index < -0.39 is 0 Å². The second-order valence-electron chi connectivity index (χ2n) is 5.03. The highest BCUT2D eigenvalue weighted by Gasteiger charge is 2.34. The summed E-state index contributed by atoms with van der Waals surface area (Å²) in [5.41, 5.74) is 0.796. The second kappa shape index (κ2) is 4.29. The van der Waals surface area contributed by atoms with Crippen molar-refractivity contribution in [2.75, 3.05) is 0 Å². The highest BCUT2D eigenvalue weighted by atomic mass is 16.1. The summed E-state index contributed by atoms with van der Waals surface area (Å²) in [6.45, 7) is 12.2.